The highest BCUT2D eigenvalue weighted by Gasteiger charge is 2.47. The minimum Gasteiger partial charge on any atom is -0.465 e. The summed E-state index contributed by atoms with van der Waals surface area (Å²) in [5.74, 6) is -1.38. The summed E-state index contributed by atoms with van der Waals surface area (Å²) in [6.07, 6.45) is 0. The molecule has 4 rings (SSSR count). The molecule has 0 aliphatic carbocycles. The average molecular weight is 437 g/mol. The number of carbonyl (C=O) groups is 2. The SMILES string of the molecule is CCOC(=O)[C@@H]1C(=O)N(CCOC)c2nc3ccccc3n2[C@@H]1c1ccc(N(C)C)cc1. The van der Waals surface area contributed by atoms with Crippen LogP contribution in [0.25, 0.3) is 11.0 Å². The maximum atomic E-state index is 13.7. The van der Waals surface area contributed by atoms with E-state index in [1.54, 1.807) is 14.0 Å². The van der Waals surface area contributed by atoms with E-state index in [1.165, 1.54) is 4.90 Å². The molecule has 1 aliphatic heterocycles. The van der Waals surface area contributed by atoms with Crippen molar-refractivity contribution in [2.24, 2.45) is 5.92 Å². The van der Waals surface area contributed by atoms with Gasteiger partial charge in [-0.05, 0) is 36.8 Å². The lowest BCUT2D eigenvalue weighted by Crippen LogP contribution is -2.51. The largest absolute Gasteiger partial charge is 0.465 e. The number of rotatable bonds is 7. The standard InChI is InChI=1S/C24H28N4O4/c1-5-32-23(30)20-21(16-10-12-17(13-11-16)26(2)3)28-19-9-7-6-8-18(19)25-24(28)27(22(20)29)14-15-31-4/h6-13,20-21H,5,14-15H2,1-4H3/t20-,21+/m0/s1. The van der Waals surface area contributed by atoms with Gasteiger partial charge in [-0.25, -0.2) is 4.98 Å². The molecular formula is C24H28N4O4. The van der Waals surface area contributed by atoms with Crippen molar-refractivity contribution in [1.29, 1.82) is 0 Å². The topological polar surface area (TPSA) is 76.9 Å². The van der Waals surface area contributed by atoms with Gasteiger partial charge in [-0.3, -0.25) is 14.5 Å². The fourth-order valence-electron chi connectivity index (χ4n) is 4.21. The molecule has 0 N–H and O–H groups in total. The van der Waals surface area contributed by atoms with Crippen LogP contribution in [-0.2, 0) is 19.1 Å². The molecule has 168 valence electrons. The first-order valence-corrected chi connectivity index (χ1v) is 10.7. The highest BCUT2D eigenvalue weighted by atomic mass is 16.5. The van der Waals surface area contributed by atoms with Crippen LogP contribution in [0.15, 0.2) is 48.5 Å². The molecule has 1 amide bonds. The number of methoxy groups -OCH3 is 1. The van der Waals surface area contributed by atoms with Crippen LogP contribution in [-0.4, -0.2) is 62.4 Å². The Hall–Kier alpha value is -3.39. The summed E-state index contributed by atoms with van der Waals surface area (Å²) in [6.45, 7) is 2.56. The summed E-state index contributed by atoms with van der Waals surface area (Å²) in [6, 6.07) is 15.0. The average Bonchev–Trinajstić information content (AvgIpc) is 3.17. The van der Waals surface area contributed by atoms with Gasteiger partial charge < -0.3 is 18.9 Å². The summed E-state index contributed by atoms with van der Waals surface area (Å²) in [7, 11) is 5.51. The lowest BCUT2D eigenvalue weighted by atomic mass is 9.89. The summed E-state index contributed by atoms with van der Waals surface area (Å²) in [4.78, 5) is 35.1. The van der Waals surface area contributed by atoms with Crippen LogP contribution in [0.5, 0.6) is 0 Å². The van der Waals surface area contributed by atoms with E-state index in [0.717, 1.165) is 22.3 Å². The zero-order valence-corrected chi connectivity index (χ0v) is 18.8. The highest BCUT2D eigenvalue weighted by molar-refractivity contribution is 6.08. The van der Waals surface area contributed by atoms with Crippen molar-refractivity contribution >= 4 is 34.5 Å². The third-order valence-electron chi connectivity index (χ3n) is 5.76. The molecule has 0 spiro atoms. The summed E-state index contributed by atoms with van der Waals surface area (Å²) in [5, 5.41) is 0. The van der Waals surface area contributed by atoms with Gasteiger partial charge in [0.2, 0.25) is 11.9 Å². The molecule has 1 aliphatic rings. The monoisotopic (exact) mass is 436 g/mol. The van der Waals surface area contributed by atoms with Crippen LogP contribution in [0, 0.1) is 5.92 Å². The fraction of sp³-hybridized carbons (Fsp3) is 0.375. The Morgan fingerprint density at radius 1 is 1.12 bits per heavy atom. The number of aromatic nitrogens is 2. The van der Waals surface area contributed by atoms with Gasteiger partial charge in [-0.15, -0.1) is 0 Å². The Bertz CT molecular complexity index is 1120. The third-order valence-corrected chi connectivity index (χ3v) is 5.76. The molecule has 0 saturated heterocycles. The van der Waals surface area contributed by atoms with Gasteiger partial charge in [0.05, 0.1) is 36.8 Å². The van der Waals surface area contributed by atoms with Crippen LogP contribution in [0.2, 0.25) is 0 Å². The molecule has 8 heteroatoms. The zero-order chi connectivity index (χ0) is 22.8. The lowest BCUT2D eigenvalue weighted by Gasteiger charge is -2.38. The third kappa shape index (κ3) is 3.71. The molecule has 2 heterocycles. The number of hydrogen-bond donors (Lipinski definition) is 0. The van der Waals surface area contributed by atoms with E-state index in [9.17, 15) is 9.59 Å². The van der Waals surface area contributed by atoms with Crippen molar-refractivity contribution in [2.45, 2.75) is 13.0 Å². The molecule has 2 atom stereocenters. The minimum absolute atomic E-state index is 0.199. The van der Waals surface area contributed by atoms with Gasteiger partial charge in [0.15, 0.2) is 5.92 Å². The summed E-state index contributed by atoms with van der Waals surface area (Å²) >= 11 is 0. The van der Waals surface area contributed by atoms with Crippen molar-refractivity contribution in [3.8, 4) is 0 Å². The number of imidazole rings is 1. The van der Waals surface area contributed by atoms with E-state index in [4.69, 9.17) is 14.5 Å². The normalized spacial score (nSPS) is 18.0. The summed E-state index contributed by atoms with van der Waals surface area (Å²) < 4.78 is 12.6. The fourth-order valence-corrected chi connectivity index (χ4v) is 4.21. The molecule has 0 saturated carbocycles. The van der Waals surface area contributed by atoms with E-state index >= 15 is 0 Å². The lowest BCUT2D eigenvalue weighted by molar-refractivity contribution is -0.153. The Balaban J connectivity index is 1.94. The van der Waals surface area contributed by atoms with Gasteiger partial charge >= 0.3 is 5.97 Å². The Labute approximate surface area is 187 Å². The second-order valence-electron chi connectivity index (χ2n) is 7.91. The van der Waals surface area contributed by atoms with Gasteiger partial charge in [-0.1, -0.05) is 24.3 Å². The predicted molar refractivity (Wildman–Crippen MR) is 123 cm³/mol. The van der Waals surface area contributed by atoms with Crippen molar-refractivity contribution in [3.05, 3.63) is 54.1 Å². The van der Waals surface area contributed by atoms with Crippen LogP contribution in [0.1, 0.15) is 18.5 Å². The van der Waals surface area contributed by atoms with Crippen LogP contribution in [0.3, 0.4) is 0 Å². The number of fused-ring (bicyclic) bond motifs is 3. The maximum Gasteiger partial charge on any atom is 0.321 e. The highest BCUT2D eigenvalue weighted by Crippen LogP contribution is 2.41. The first-order valence-electron chi connectivity index (χ1n) is 10.7. The van der Waals surface area contributed by atoms with Gasteiger partial charge in [0.1, 0.15) is 0 Å². The van der Waals surface area contributed by atoms with Crippen molar-refractivity contribution in [3.63, 3.8) is 0 Å². The van der Waals surface area contributed by atoms with Crippen LogP contribution >= 0.6 is 0 Å². The van der Waals surface area contributed by atoms with Gasteiger partial charge in [0.25, 0.3) is 0 Å². The molecule has 3 aromatic rings. The van der Waals surface area contributed by atoms with Crippen molar-refractivity contribution in [1.82, 2.24) is 9.55 Å². The number of anilines is 2. The molecule has 0 fully saturated rings. The Morgan fingerprint density at radius 3 is 2.50 bits per heavy atom. The molecule has 0 radical (unpaired) electrons. The Morgan fingerprint density at radius 2 is 1.84 bits per heavy atom. The number of hydrogen-bond acceptors (Lipinski definition) is 6. The number of esters is 1. The number of carbonyl (C=O) groups excluding carboxylic acids is 2. The van der Waals surface area contributed by atoms with Gasteiger partial charge in [-0.2, -0.15) is 0 Å². The van der Waals surface area contributed by atoms with E-state index in [2.05, 4.69) is 0 Å². The van der Waals surface area contributed by atoms with Gasteiger partial charge in [0, 0.05) is 26.9 Å². The van der Waals surface area contributed by atoms with E-state index in [1.807, 2.05) is 72.1 Å². The molecule has 1 aromatic heterocycles. The minimum atomic E-state index is -1.03. The molecule has 32 heavy (non-hydrogen) atoms. The van der Waals surface area contributed by atoms with E-state index < -0.39 is 17.9 Å². The number of nitrogens with zero attached hydrogens (tertiary/aromatic N) is 4. The predicted octanol–water partition coefficient (Wildman–Crippen LogP) is 2.86. The maximum absolute atomic E-state index is 13.7. The van der Waals surface area contributed by atoms with Crippen molar-refractivity contribution < 1.29 is 19.1 Å². The first kappa shape index (κ1) is 21.8. The molecule has 2 aromatic carbocycles. The first-order chi connectivity index (χ1) is 15.5. The van der Waals surface area contributed by atoms with Crippen LogP contribution in [0.4, 0.5) is 11.6 Å². The number of benzene rings is 2. The zero-order valence-electron chi connectivity index (χ0n) is 18.8. The molecule has 0 unspecified atom stereocenters. The van der Waals surface area contributed by atoms with Crippen LogP contribution < -0.4 is 9.80 Å². The smallest absolute Gasteiger partial charge is 0.321 e. The van der Waals surface area contributed by atoms with E-state index in [0.29, 0.717) is 19.1 Å². The Kier molecular flexibility index (Phi) is 6.14. The quantitative estimate of drug-likeness (QED) is 0.419. The second kappa shape index (κ2) is 9.00. The number of para-hydroxylation sites is 2. The molecule has 0 bridgehead atoms. The second-order valence-corrected chi connectivity index (χ2v) is 7.91. The number of ether oxygens (including phenoxy) is 2. The number of amides is 1. The van der Waals surface area contributed by atoms with Crippen molar-refractivity contribution in [2.75, 3.05) is 50.8 Å². The molecular weight excluding hydrogens is 408 g/mol. The summed E-state index contributed by atoms with van der Waals surface area (Å²) in [5.41, 5.74) is 3.49. The molecule has 8 nitrogen and oxygen atoms in total. The van der Waals surface area contributed by atoms with E-state index in [-0.39, 0.29) is 12.5 Å².